The van der Waals surface area contributed by atoms with Crippen molar-refractivity contribution in [3.05, 3.63) is 75.8 Å². The van der Waals surface area contributed by atoms with Crippen LogP contribution in [0.4, 0.5) is 5.69 Å². The summed E-state index contributed by atoms with van der Waals surface area (Å²) >= 11 is 8.73. The fraction of sp³-hybridized carbons (Fsp3) is 0.0870. The Bertz CT molecular complexity index is 1250. The van der Waals surface area contributed by atoms with Crippen molar-refractivity contribution < 1.29 is 14.3 Å². The normalized spacial score (nSPS) is 15.6. The second-order valence-electron chi connectivity index (χ2n) is 6.79. The number of nitrogens with one attached hydrogen (secondary N) is 1. The van der Waals surface area contributed by atoms with E-state index in [4.69, 9.17) is 17.0 Å². The lowest BCUT2D eigenvalue weighted by Gasteiger charge is -2.30. The van der Waals surface area contributed by atoms with Gasteiger partial charge >= 0.3 is 0 Å². The molecule has 2 amide bonds. The minimum Gasteiger partial charge on any atom is -0.496 e. The number of aryl methyl sites for hydroxylation is 1. The summed E-state index contributed by atoms with van der Waals surface area (Å²) < 4.78 is 6.39. The zero-order valence-corrected chi connectivity index (χ0v) is 18.6. The number of hydrogen-bond acceptors (Lipinski definition) is 4. The maximum Gasteiger partial charge on any atom is 0.270 e. The molecule has 1 heterocycles. The molecule has 150 valence electrons. The predicted octanol–water partition coefficient (Wildman–Crippen LogP) is 4.75. The Morgan fingerprint density at radius 1 is 1.10 bits per heavy atom. The summed E-state index contributed by atoms with van der Waals surface area (Å²) in [6, 6.07) is 17.0. The largest absolute Gasteiger partial charge is 0.496 e. The summed E-state index contributed by atoms with van der Waals surface area (Å²) in [5.41, 5.74) is 2.11. The monoisotopic (exact) mass is 480 g/mol. The van der Waals surface area contributed by atoms with E-state index in [0.29, 0.717) is 17.0 Å². The van der Waals surface area contributed by atoms with Crippen molar-refractivity contribution in [3.8, 4) is 5.75 Å². The molecule has 4 rings (SSSR count). The number of ether oxygens (including phenoxy) is 1. The number of amides is 2. The first-order valence-electron chi connectivity index (χ1n) is 9.14. The second-order valence-corrected chi connectivity index (χ2v) is 8.09. The molecule has 1 aliphatic heterocycles. The van der Waals surface area contributed by atoms with Crippen LogP contribution >= 0.6 is 28.1 Å². The fourth-order valence-corrected chi connectivity index (χ4v) is 4.24. The molecule has 30 heavy (non-hydrogen) atoms. The molecule has 3 aromatic carbocycles. The maximum absolute atomic E-state index is 13.4. The number of thiocarbonyl (C=S) groups is 1. The van der Waals surface area contributed by atoms with Gasteiger partial charge in [-0.25, -0.2) is 0 Å². The number of halogens is 1. The van der Waals surface area contributed by atoms with Crippen LogP contribution in [0.2, 0.25) is 0 Å². The summed E-state index contributed by atoms with van der Waals surface area (Å²) in [5, 5.41) is 4.54. The van der Waals surface area contributed by atoms with E-state index in [1.54, 1.807) is 19.3 Å². The van der Waals surface area contributed by atoms with Crippen LogP contribution in [-0.4, -0.2) is 24.0 Å². The van der Waals surface area contributed by atoms with E-state index in [-0.39, 0.29) is 10.7 Å². The SMILES string of the molecule is COc1ccc2ccccc2c1/C=C1/C(=O)NC(=S)N(c2ccc(Br)cc2C)C1=O. The molecule has 0 aliphatic carbocycles. The van der Waals surface area contributed by atoms with Gasteiger partial charge in [-0.15, -0.1) is 0 Å². The molecule has 0 radical (unpaired) electrons. The molecule has 0 spiro atoms. The summed E-state index contributed by atoms with van der Waals surface area (Å²) in [5.74, 6) is -0.448. The van der Waals surface area contributed by atoms with Gasteiger partial charge in [-0.1, -0.05) is 46.3 Å². The highest BCUT2D eigenvalue weighted by molar-refractivity contribution is 9.10. The van der Waals surface area contributed by atoms with Crippen LogP contribution in [0, 0.1) is 6.92 Å². The molecule has 0 atom stereocenters. The molecule has 1 N–H and O–H groups in total. The molecular formula is C23H17BrN2O3S. The number of carbonyl (C=O) groups excluding carboxylic acids is 2. The fourth-order valence-electron chi connectivity index (χ4n) is 3.49. The molecule has 0 unspecified atom stereocenters. The van der Waals surface area contributed by atoms with Gasteiger partial charge < -0.3 is 4.74 Å². The number of methoxy groups -OCH3 is 1. The topological polar surface area (TPSA) is 58.6 Å². The van der Waals surface area contributed by atoms with E-state index < -0.39 is 11.8 Å². The van der Waals surface area contributed by atoms with Crippen molar-refractivity contribution in [2.75, 3.05) is 12.0 Å². The number of rotatable bonds is 3. The molecule has 1 fully saturated rings. The van der Waals surface area contributed by atoms with Gasteiger partial charge in [0.15, 0.2) is 5.11 Å². The van der Waals surface area contributed by atoms with Crippen LogP contribution in [0.25, 0.3) is 16.8 Å². The van der Waals surface area contributed by atoms with Gasteiger partial charge in [-0.3, -0.25) is 19.8 Å². The van der Waals surface area contributed by atoms with E-state index in [1.807, 2.05) is 55.5 Å². The van der Waals surface area contributed by atoms with Crippen LogP contribution < -0.4 is 15.0 Å². The molecule has 0 aromatic heterocycles. The number of anilines is 1. The van der Waals surface area contributed by atoms with Crippen molar-refractivity contribution in [3.63, 3.8) is 0 Å². The number of fused-ring (bicyclic) bond motifs is 1. The van der Waals surface area contributed by atoms with E-state index >= 15 is 0 Å². The van der Waals surface area contributed by atoms with Gasteiger partial charge in [0, 0.05) is 10.0 Å². The molecule has 1 saturated heterocycles. The first-order valence-corrected chi connectivity index (χ1v) is 10.3. The molecule has 3 aromatic rings. The van der Waals surface area contributed by atoms with Crippen molar-refractivity contribution in [1.29, 1.82) is 0 Å². The van der Waals surface area contributed by atoms with Crippen LogP contribution in [0.5, 0.6) is 5.75 Å². The Labute approximate surface area is 187 Å². The Morgan fingerprint density at radius 2 is 1.87 bits per heavy atom. The van der Waals surface area contributed by atoms with Crippen molar-refractivity contribution in [1.82, 2.24) is 5.32 Å². The standard InChI is InChI=1S/C23H17BrN2O3S/c1-13-11-15(24)8-9-19(13)26-22(28)18(21(27)25-23(26)30)12-17-16-6-4-3-5-14(16)7-10-20(17)29-2/h3-12H,1-2H3,(H,25,27,30)/b18-12-. The highest BCUT2D eigenvalue weighted by Gasteiger charge is 2.35. The van der Waals surface area contributed by atoms with E-state index in [9.17, 15) is 9.59 Å². The summed E-state index contributed by atoms with van der Waals surface area (Å²) in [6.45, 7) is 1.88. The quantitative estimate of drug-likeness (QED) is 0.333. The molecule has 5 nitrogen and oxygen atoms in total. The molecular weight excluding hydrogens is 464 g/mol. The number of hydrogen-bond donors (Lipinski definition) is 1. The lowest BCUT2D eigenvalue weighted by atomic mass is 9.99. The van der Waals surface area contributed by atoms with Crippen LogP contribution in [0.15, 0.2) is 64.6 Å². The van der Waals surface area contributed by atoms with Gasteiger partial charge in [-0.05, 0) is 65.8 Å². The summed E-state index contributed by atoms with van der Waals surface area (Å²) in [6.07, 6.45) is 1.57. The minimum absolute atomic E-state index is 0.0134. The van der Waals surface area contributed by atoms with Gasteiger partial charge in [0.05, 0.1) is 12.8 Å². The molecule has 7 heteroatoms. The highest BCUT2D eigenvalue weighted by Crippen LogP contribution is 2.32. The third kappa shape index (κ3) is 3.51. The average Bonchev–Trinajstić information content (AvgIpc) is 2.72. The van der Waals surface area contributed by atoms with Crippen LogP contribution in [0.3, 0.4) is 0 Å². The lowest BCUT2D eigenvalue weighted by molar-refractivity contribution is -0.122. The van der Waals surface area contributed by atoms with Gasteiger partial charge in [-0.2, -0.15) is 0 Å². The van der Waals surface area contributed by atoms with Gasteiger partial charge in [0.25, 0.3) is 11.8 Å². The zero-order valence-electron chi connectivity index (χ0n) is 16.2. The Balaban J connectivity index is 1.88. The summed E-state index contributed by atoms with van der Waals surface area (Å²) in [7, 11) is 1.56. The molecule has 0 bridgehead atoms. The third-order valence-corrected chi connectivity index (χ3v) is 5.72. The lowest BCUT2D eigenvalue weighted by Crippen LogP contribution is -2.54. The Morgan fingerprint density at radius 3 is 2.60 bits per heavy atom. The second kappa shape index (κ2) is 8.01. The van der Waals surface area contributed by atoms with E-state index in [0.717, 1.165) is 20.8 Å². The average molecular weight is 481 g/mol. The number of carbonyl (C=O) groups is 2. The van der Waals surface area contributed by atoms with Crippen molar-refractivity contribution >= 4 is 67.6 Å². The number of benzene rings is 3. The zero-order chi connectivity index (χ0) is 21.4. The number of nitrogens with zero attached hydrogens (tertiary/aromatic N) is 1. The van der Waals surface area contributed by atoms with Crippen molar-refractivity contribution in [2.45, 2.75) is 6.92 Å². The van der Waals surface area contributed by atoms with E-state index in [1.165, 1.54) is 4.90 Å². The molecule has 1 aliphatic rings. The van der Waals surface area contributed by atoms with Gasteiger partial charge in [0.1, 0.15) is 11.3 Å². The predicted molar refractivity (Wildman–Crippen MR) is 126 cm³/mol. The molecule has 0 saturated carbocycles. The smallest absolute Gasteiger partial charge is 0.270 e. The maximum atomic E-state index is 13.4. The minimum atomic E-state index is -0.536. The summed E-state index contributed by atoms with van der Waals surface area (Å²) in [4.78, 5) is 27.4. The third-order valence-electron chi connectivity index (χ3n) is 4.94. The van der Waals surface area contributed by atoms with Crippen molar-refractivity contribution in [2.24, 2.45) is 0 Å². The Hall–Kier alpha value is -3.03. The first-order chi connectivity index (χ1) is 14.4. The van der Waals surface area contributed by atoms with Crippen LogP contribution in [0.1, 0.15) is 11.1 Å². The first kappa shape index (κ1) is 20.3. The van der Waals surface area contributed by atoms with E-state index in [2.05, 4.69) is 21.2 Å². The Kier molecular flexibility index (Phi) is 5.40. The van der Waals surface area contributed by atoms with Gasteiger partial charge in [0.2, 0.25) is 0 Å². The van der Waals surface area contributed by atoms with Crippen LogP contribution in [-0.2, 0) is 9.59 Å². The highest BCUT2D eigenvalue weighted by atomic mass is 79.9.